The summed E-state index contributed by atoms with van der Waals surface area (Å²) in [6, 6.07) is 9.27. The maximum absolute atomic E-state index is 13.2. The Morgan fingerprint density at radius 3 is 2.74 bits per heavy atom. The molecule has 0 atom stereocenters. The van der Waals surface area contributed by atoms with E-state index in [1.54, 1.807) is 18.5 Å². The molecule has 1 fully saturated rings. The largest absolute Gasteiger partial charge is 0.349 e. The van der Waals surface area contributed by atoms with Gasteiger partial charge in [-0.2, -0.15) is 0 Å². The summed E-state index contributed by atoms with van der Waals surface area (Å²) in [6.07, 6.45) is 6.09. The number of hydrogen-bond acceptors (Lipinski definition) is 3. The highest BCUT2D eigenvalue weighted by Crippen LogP contribution is 2.20. The predicted molar refractivity (Wildman–Crippen MR) is 118 cm³/mol. The zero-order valence-corrected chi connectivity index (χ0v) is 17.6. The van der Waals surface area contributed by atoms with Gasteiger partial charge in [0, 0.05) is 30.4 Å². The molecule has 0 aliphatic heterocycles. The maximum Gasteiger partial charge on any atom is 0.319 e. The van der Waals surface area contributed by atoms with Crippen LogP contribution in [-0.4, -0.2) is 34.1 Å². The number of hydrogen-bond donors (Lipinski definition) is 3. The van der Waals surface area contributed by atoms with Crippen molar-refractivity contribution < 1.29 is 14.0 Å². The molecule has 0 spiro atoms. The van der Waals surface area contributed by atoms with Gasteiger partial charge >= 0.3 is 6.03 Å². The van der Waals surface area contributed by atoms with Gasteiger partial charge in [-0.05, 0) is 49.2 Å². The smallest absolute Gasteiger partial charge is 0.319 e. The number of rotatable bonds is 6. The van der Waals surface area contributed by atoms with Gasteiger partial charge in [-0.1, -0.05) is 24.4 Å². The van der Waals surface area contributed by atoms with Crippen molar-refractivity contribution in [2.75, 3.05) is 11.9 Å². The van der Waals surface area contributed by atoms with Crippen LogP contribution in [0.1, 0.15) is 36.0 Å². The third-order valence-corrected chi connectivity index (χ3v) is 5.68. The van der Waals surface area contributed by atoms with E-state index in [-0.39, 0.29) is 17.0 Å². The van der Waals surface area contributed by atoms with Crippen LogP contribution in [-0.2, 0) is 6.54 Å². The summed E-state index contributed by atoms with van der Waals surface area (Å²) in [5, 5.41) is 8.37. The molecular formula is C22H23ClFN5O2. The van der Waals surface area contributed by atoms with Gasteiger partial charge in [-0.3, -0.25) is 4.79 Å². The highest BCUT2D eigenvalue weighted by atomic mass is 35.5. The number of halogens is 2. The van der Waals surface area contributed by atoms with Crippen LogP contribution in [0.5, 0.6) is 0 Å². The molecular weight excluding hydrogens is 421 g/mol. The minimum absolute atomic E-state index is 0.0565. The molecule has 0 saturated heterocycles. The van der Waals surface area contributed by atoms with Gasteiger partial charge in [0.15, 0.2) is 0 Å². The molecule has 1 heterocycles. The van der Waals surface area contributed by atoms with E-state index in [0.717, 1.165) is 36.7 Å². The highest BCUT2D eigenvalue weighted by Gasteiger charge is 2.18. The fraction of sp³-hybridized carbons (Fsp3) is 0.318. The Morgan fingerprint density at radius 1 is 1.16 bits per heavy atom. The van der Waals surface area contributed by atoms with Crippen molar-refractivity contribution in [3.05, 3.63) is 59.1 Å². The summed E-state index contributed by atoms with van der Waals surface area (Å²) in [5.41, 5.74) is 2.61. The molecule has 0 radical (unpaired) electrons. The molecule has 162 valence electrons. The molecule has 1 saturated carbocycles. The molecule has 9 heteroatoms. The lowest BCUT2D eigenvalue weighted by atomic mass is 10.1. The van der Waals surface area contributed by atoms with Crippen LogP contribution in [0.2, 0.25) is 5.02 Å². The lowest BCUT2D eigenvalue weighted by Crippen LogP contribution is -2.32. The van der Waals surface area contributed by atoms with E-state index in [0.29, 0.717) is 24.3 Å². The molecule has 3 N–H and O–H groups in total. The zero-order valence-electron chi connectivity index (χ0n) is 16.8. The molecule has 1 aliphatic carbocycles. The molecule has 31 heavy (non-hydrogen) atoms. The molecule has 3 amide bonds. The van der Waals surface area contributed by atoms with E-state index >= 15 is 0 Å². The number of nitrogens with zero attached hydrogens (tertiary/aromatic N) is 2. The predicted octanol–water partition coefficient (Wildman–Crippen LogP) is 4.32. The summed E-state index contributed by atoms with van der Waals surface area (Å²) >= 11 is 5.72. The number of fused-ring (bicyclic) bond motifs is 1. The second kappa shape index (κ2) is 9.34. The van der Waals surface area contributed by atoms with Crippen LogP contribution in [0.15, 0.2) is 42.7 Å². The third-order valence-electron chi connectivity index (χ3n) is 5.39. The number of imidazole rings is 1. The Morgan fingerprint density at radius 2 is 1.97 bits per heavy atom. The van der Waals surface area contributed by atoms with Crippen LogP contribution < -0.4 is 16.0 Å². The molecule has 4 rings (SSSR count). The van der Waals surface area contributed by atoms with Gasteiger partial charge in [0.1, 0.15) is 5.82 Å². The van der Waals surface area contributed by atoms with Gasteiger partial charge in [0.25, 0.3) is 5.91 Å². The van der Waals surface area contributed by atoms with Crippen molar-refractivity contribution in [1.82, 2.24) is 20.2 Å². The SMILES string of the molecule is O=C(NCCn1cnc2cc(C(=O)NC3CCCC3)ccc21)Nc1ccc(F)c(Cl)c1. The van der Waals surface area contributed by atoms with Crippen LogP contribution in [0.4, 0.5) is 14.9 Å². The number of urea groups is 1. The fourth-order valence-electron chi connectivity index (χ4n) is 3.76. The van der Waals surface area contributed by atoms with Crippen molar-refractivity contribution >= 4 is 40.3 Å². The first-order chi connectivity index (χ1) is 15.0. The van der Waals surface area contributed by atoms with Crippen molar-refractivity contribution in [2.45, 2.75) is 38.3 Å². The molecule has 1 aromatic heterocycles. The van der Waals surface area contributed by atoms with Gasteiger partial charge in [-0.15, -0.1) is 0 Å². The van der Waals surface area contributed by atoms with Crippen molar-refractivity contribution in [3.8, 4) is 0 Å². The normalized spacial score (nSPS) is 14.0. The average Bonchev–Trinajstić information content (AvgIpc) is 3.40. The van der Waals surface area contributed by atoms with Gasteiger partial charge in [0.2, 0.25) is 0 Å². The first-order valence-electron chi connectivity index (χ1n) is 10.3. The second-order valence-corrected chi connectivity index (χ2v) is 8.01. The minimum atomic E-state index is -0.543. The van der Waals surface area contributed by atoms with Crippen molar-refractivity contribution in [2.24, 2.45) is 0 Å². The first-order valence-corrected chi connectivity index (χ1v) is 10.6. The van der Waals surface area contributed by atoms with E-state index in [4.69, 9.17) is 11.6 Å². The molecule has 3 aromatic rings. The lowest BCUT2D eigenvalue weighted by Gasteiger charge is -2.12. The topological polar surface area (TPSA) is 88.0 Å². The van der Waals surface area contributed by atoms with E-state index in [2.05, 4.69) is 20.9 Å². The number of benzene rings is 2. The monoisotopic (exact) mass is 443 g/mol. The maximum atomic E-state index is 13.2. The van der Waals surface area contributed by atoms with Gasteiger partial charge < -0.3 is 20.5 Å². The Kier molecular flexibility index (Phi) is 6.36. The minimum Gasteiger partial charge on any atom is -0.349 e. The van der Waals surface area contributed by atoms with Crippen LogP contribution in [0.3, 0.4) is 0 Å². The molecule has 0 bridgehead atoms. The molecule has 1 aliphatic rings. The van der Waals surface area contributed by atoms with Gasteiger partial charge in [-0.25, -0.2) is 14.2 Å². The van der Waals surface area contributed by atoms with E-state index in [9.17, 15) is 14.0 Å². The first kappa shape index (κ1) is 21.1. The number of nitrogens with one attached hydrogen (secondary N) is 3. The quantitative estimate of drug-likeness (QED) is 0.530. The van der Waals surface area contributed by atoms with Crippen LogP contribution >= 0.6 is 11.6 Å². The zero-order chi connectivity index (χ0) is 21.8. The summed E-state index contributed by atoms with van der Waals surface area (Å²) in [5.74, 6) is -0.610. The molecule has 0 unspecified atom stereocenters. The Labute approximate surface area is 184 Å². The van der Waals surface area contributed by atoms with E-state index < -0.39 is 11.8 Å². The number of aromatic nitrogens is 2. The highest BCUT2D eigenvalue weighted by molar-refractivity contribution is 6.31. The van der Waals surface area contributed by atoms with Crippen molar-refractivity contribution in [1.29, 1.82) is 0 Å². The molecule has 2 aromatic carbocycles. The van der Waals surface area contributed by atoms with Crippen LogP contribution in [0, 0.1) is 5.82 Å². The number of anilines is 1. The average molecular weight is 444 g/mol. The Balaban J connectivity index is 1.31. The standard InChI is InChI=1S/C22H23ClFN5O2/c23-17-12-16(6-7-18(17)24)28-22(31)25-9-10-29-13-26-19-11-14(5-8-20(19)29)21(30)27-15-3-1-2-4-15/h5-8,11-13,15H,1-4,9-10H2,(H,27,30)(H2,25,28,31). The van der Waals surface area contributed by atoms with Crippen molar-refractivity contribution in [3.63, 3.8) is 0 Å². The Bertz CT molecular complexity index is 1110. The number of amides is 3. The fourth-order valence-corrected chi connectivity index (χ4v) is 3.94. The summed E-state index contributed by atoms with van der Waals surface area (Å²) in [4.78, 5) is 28.9. The number of carbonyl (C=O) groups is 2. The summed E-state index contributed by atoms with van der Waals surface area (Å²) in [6.45, 7) is 0.859. The number of carbonyl (C=O) groups excluding carboxylic acids is 2. The molecule has 7 nitrogen and oxygen atoms in total. The van der Waals surface area contributed by atoms with Crippen LogP contribution in [0.25, 0.3) is 11.0 Å². The Hall–Kier alpha value is -3.13. The van der Waals surface area contributed by atoms with Gasteiger partial charge in [0.05, 0.1) is 22.4 Å². The summed E-state index contributed by atoms with van der Waals surface area (Å²) < 4.78 is 15.1. The second-order valence-electron chi connectivity index (χ2n) is 7.61. The third kappa shape index (κ3) is 5.14. The lowest BCUT2D eigenvalue weighted by molar-refractivity contribution is 0.0938. The van der Waals surface area contributed by atoms with E-state index in [1.807, 2.05) is 10.6 Å². The summed E-state index contributed by atoms with van der Waals surface area (Å²) in [7, 11) is 0. The van der Waals surface area contributed by atoms with E-state index in [1.165, 1.54) is 18.2 Å².